The van der Waals surface area contributed by atoms with Gasteiger partial charge in [-0.1, -0.05) is 5.16 Å². The molecule has 0 aliphatic rings. The summed E-state index contributed by atoms with van der Waals surface area (Å²) in [6, 6.07) is 0. The number of aromatic nitrogens is 1. The lowest BCUT2D eigenvalue weighted by Crippen LogP contribution is -2.12. The quantitative estimate of drug-likeness (QED) is 0.248. The summed E-state index contributed by atoms with van der Waals surface area (Å²) in [7, 11) is 0. The number of aliphatic hydroxyl groups is 1. The maximum absolute atomic E-state index is 8.61. The highest BCUT2D eigenvalue weighted by molar-refractivity contribution is 7.11. The van der Waals surface area contributed by atoms with E-state index in [1.54, 1.807) is 5.38 Å². The molecule has 5 nitrogen and oxygen atoms in total. The lowest BCUT2D eigenvalue weighted by Gasteiger charge is -1.88. The van der Waals surface area contributed by atoms with Gasteiger partial charge in [0.05, 0.1) is 12.3 Å². The molecule has 6 heteroatoms. The molecule has 0 spiro atoms. The fraction of sp³-hybridized carbons (Fsp3) is 0.200. The number of nitrogens with two attached hydrogens (primary N) is 1. The van der Waals surface area contributed by atoms with Gasteiger partial charge in [-0.15, -0.1) is 11.3 Å². The highest BCUT2D eigenvalue weighted by Gasteiger charge is 2.04. The second kappa shape index (κ2) is 3.31. The molecule has 11 heavy (non-hydrogen) atoms. The molecular weight excluding hydrogens is 166 g/mol. The first-order chi connectivity index (χ1) is 5.27. The van der Waals surface area contributed by atoms with Gasteiger partial charge in [0.1, 0.15) is 0 Å². The minimum Gasteiger partial charge on any atom is -0.409 e. The summed E-state index contributed by atoms with van der Waals surface area (Å²) in [5.41, 5.74) is 5.75. The van der Waals surface area contributed by atoms with Crippen LogP contribution in [0.1, 0.15) is 10.7 Å². The van der Waals surface area contributed by atoms with Gasteiger partial charge in [0.25, 0.3) is 0 Å². The standard InChI is InChI=1S/C5H7N3O2S/c6-4(8-10)5-7-3(1-9)2-11-5/h2,9-10H,1H2,(H2,6,8). The fourth-order valence-corrected chi connectivity index (χ4v) is 1.25. The van der Waals surface area contributed by atoms with Crippen LogP contribution in [-0.4, -0.2) is 21.1 Å². The number of rotatable bonds is 2. The number of amidine groups is 1. The second-order valence-electron chi connectivity index (χ2n) is 1.79. The monoisotopic (exact) mass is 173 g/mol. The molecule has 0 amide bonds. The summed E-state index contributed by atoms with van der Waals surface area (Å²) < 4.78 is 0. The first kappa shape index (κ1) is 7.96. The Balaban J connectivity index is 2.89. The molecule has 1 aromatic heterocycles. The molecule has 4 N–H and O–H groups in total. The lowest BCUT2D eigenvalue weighted by atomic mass is 10.5. The van der Waals surface area contributed by atoms with Crippen molar-refractivity contribution < 1.29 is 10.3 Å². The van der Waals surface area contributed by atoms with Crippen LogP contribution in [0, 0.1) is 0 Å². The van der Waals surface area contributed by atoms with Crippen molar-refractivity contribution in [2.45, 2.75) is 6.61 Å². The van der Waals surface area contributed by atoms with Crippen LogP contribution in [0.15, 0.2) is 10.5 Å². The molecular formula is C5H7N3O2S. The number of oxime groups is 1. The summed E-state index contributed by atoms with van der Waals surface area (Å²) in [4.78, 5) is 3.85. The normalized spacial score (nSPS) is 11.9. The van der Waals surface area contributed by atoms with E-state index < -0.39 is 0 Å². The molecule has 0 aromatic carbocycles. The molecule has 1 rings (SSSR count). The van der Waals surface area contributed by atoms with E-state index in [9.17, 15) is 0 Å². The van der Waals surface area contributed by atoms with Gasteiger partial charge in [-0.3, -0.25) is 0 Å². The Morgan fingerprint density at radius 2 is 2.55 bits per heavy atom. The van der Waals surface area contributed by atoms with Crippen LogP contribution in [0.4, 0.5) is 0 Å². The van der Waals surface area contributed by atoms with E-state index >= 15 is 0 Å². The third-order valence-electron chi connectivity index (χ3n) is 1.04. The summed E-state index contributed by atoms with van der Waals surface area (Å²) in [6.45, 7) is -0.130. The zero-order valence-corrected chi connectivity index (χ0v) is 6.38. The van der Waals surface area contributed by atoms with Crippen molar-refractivity contribution in [1.82, 2.24) is 4.98 Å². The van der Waals surface area contributed by atoms with Gasteiger partial charge in [-0.2, -0.15) is 0 Å². The minimum atomic E-state index is -0.130. The van der Waals surface area contributed by atoms with Gasteiger partial charge in [-0.05, 0) is 0 Å². The largest absolute Gasteiger partial charge is 0.409 e. The average molecular weight is 173 g/mol. The van der Waals surface area contributed by atoms with Crippen LogP contribution >= 0.6 is 11.3 Å². The van der Waals surface area contributed by atoms with Gasteiger partial charge in [0, 0.05) is 5.38 Å². The maximum Gasteiger partial charge on any atom is 0.199 e. The van der Waals surface area contributed by atoms with Crippen LogP contribution in [0.2, 0.25) is 0 Å². The number of thiazole rings is 1. The van der Waals surface area contributed by atoms with E-state index in [0.29, 0.717) is 10.7 Å². The Morgan fingerprint density at radius 1 is 1.82 bits per heavy atom. The van der Waals surface area contributed by atoms with Gasteiger partial charge in [0.2, 0.25) is 0 Å². The van der Waals surface area contributed by atoms with E-state index in [-0.39, 0.29) is 12.4 Å². The first-order valence-corrected chi connectivity index (χ1v) is 3.69. The van der Waals surface area contributed by atoms with Crippen molar-refractivity contribution in [3.63, 3.8) is 0 Å². The summed E-state index contributed by atoms with van der Waals surface area (Å²) >= 11 is 1.22. The number of aliphatic hydroxyl groups excluding tert-OH is 1. The number of hydrogen-bond donors (Lipinski definition) is 3. The number of nitrogens with zero attached hydrogens (tertiary/aromatic N) is 2. The van der Waals surface area contributed by atoms with Crippen LogP contribution in [0.3, 0.4) is 0 Å². The van der Waals surface area contributed by atoms with E-state index in [4.69, 9.17) is 16.0 Å². The molecule has 0 aliphatic heterocycles. The molecule has 1 aromatic rings. The molecule has 0 bridgehead atoms. The van der Waals surface area contributed by atoms with Crippen molar-refractivity contribution in [2.75, 3.05) is 0 Å². The zero-order chi connectivity index (χ0) is 8.27. The molecule has 60 valence electrons. The molecule has 0 saturated carbocycles. The van der Waals surface area contributed by atoms with Gasteiger partial charge < -0.3 is 16.0 Å². The predicted molar refractivity (Wildman–Crippen MR) is 40.5 cm³/mol. The first-order valence-electron chi connectivity index (χ1n) is 2.81. The van der Waals surface area contributed by atoms with Crippen LogP contribution in [0.25, 0.3) is 0 Å². The van der Waals surface area contributed by atoms with Crippen molar-refractivity contribution >= 4 is 17.2 Å². The molecule has 0 aliphatic carbocycles. The van der Waals surface area contributed by atoms with E-state index in [1.807, 2.05) is 0 Å². The van der Waals surface area contributed by atoms with Crippen LogP contribution in [-0.2, 0) is 6.61 Å². The Kier molecular flexibility index (Phi) is 2.40. The zero-order valence-electron chi connectivity index (χ0n) is 5.56. The van der Waals surface area contributed by atoms with Crippen LogP contribution < -0.4 is 5.73 Å². The minimum absolute atomic E-state index is 0.0327. The summed E-state index contributed by atoms with van der Waals surface area (Å²) in [6.07, 6.45) is 0. The smallest absolute Gasteiger partial charge is 0.199 e. The Morgan fingerprint density at radius 3 is 3.00 bits per heavy atom. The molecule has 0 radical (unpaired) electrons. The Labute approximate surface area is 66.8 Å². The molecule has 0 saturated heterocycles. The molecule has 0 fully saturated rings. The highest BCUT2D eigenvalue weighted by atomic mass is 32.1. The summed E-state index contributed by atoms with van der Waals surface area (Å²) in [5.74, 6) is -0.0327. The fourth-order valence-electron chi connectivity index (χ4n) is 0.540. The third-order valence-corrected chi connectivity index (χ3v) is 1.95. The van der Waals surface area contributed by atoms with Crippen molar-refractivity contribution in [1.29, 1.82) is 0 Å². The van der Waals surface area contributed by atoms with Gasteiger partial charge in [0.15, 0.2) is 10.8 Å². The van der Waals surface area contributed by atoms with E-state index in [0.717, 1.165) is 0 Å². The summed E-state index contributed by atoms with van der Waals surface area (Å²) in [5, 5.41) is 21.7. The van der Waals surface area contributed by atoms with Crippen molar-refractivity contribution in [2.24, 2.45) is 10.9 Å². The molecule has 0 unspecified atom stereocenters. The third kappa shape index (κ3) is 1.66. The van der Waals surface area contributed by atoms with Crippen molar-refractivity contribution in [3.05, 3.63) is 16.1 Å². The van der Waals surface area contributed by atoms with Crippen molar-refractivity contribution in [3.8, 4) is 0 Å². The topological polar surface area (TPSA) is 91.7 Å². The Bertz CT molecular complexity index is 270. The predicted octanol–water partition coefficient (Wildman–Crippen LogP) is -0.270. The maximum atomic E-state index is 8.61. The molecule has 1 heterocycles. The second-order valence-corrected chi connectivity index (χ2v) is 2.65. The van der Waals surface area contributed by atoms with Crippen LogP contribution in [0.5, 0.6) is 0 Å². The number of hydrogen-bond acceptors (Lipinski definition) is 5. The lowest BCUT2D eigenvalue weighted by molar-refractivity contribution is 0.277. The van der Waals surface area contributed by atoms with E-state index in [2.05, 4.69) is 10.1 Å². The van der Waals surface area contributed by atoms with Gasteiger partial charge in [-0.25, -0.2) is 4.98 Å². The highest BCUT2D eigenvalue weighted by Crippen LogP contribution is 2.08. The SMILES string of the molecule is N/C(=N\O)c1nc(CO)cs1. The average Bonchev–Trinajstić information content (AvgIpc) is 2.50. The Hall–Kier alpha value is -1.14. The van der Waals surface area contributed by atoms with Gasteiger partial charge >= 0.3 is 0 Å². The molecule has 0 atom stereocenters. The van der Waals surface area contributed by atoms with E-state index in [1.165, 1.54) is 11.3 Å².